The summed E-state index contributed by atoms with van der Waals surface area (Å²) >= 11 is 6.27. The Morgan fingerprint density at radius 3 is 2.92 bits per heavy atom. The van der Waals surface area contributed by atoms with Gasteiger partial charge in [0.05, 0.1) is 0 Å². The summed E-state index contributed by atoms with van der Waals surface area (Å²) in [6.45, 7) is 3.80. The van der Waals surface area contributed by atoms with Crippen molar-refractivity contribution in [2.24, 2.45) is 0 Å². The molecule has 4 nitrogen and oxygen atoms in total. The highest BCUT2D eigenvalue weighted by Crippen LogP contribution is 2.38. The molecule has 0 saturated carbocycles. The Hall–Kier alpha value is -2.04. The van der Waals surface area contributed by atoms with Crippen LogP contribution in [-0.4, -0.2) is 24.4 Å². The number of rotatable bonds is 5. The molecule has 3 N–H and O–H groups in total. The summed E-state index contributed by atoms with van der Waals surface area (Å²) in [4.78, 5) is 14.3. The molecule has 0 bridgehead atoms. The fourth-order valence-electron chi connectivity index (χ4n) is 3.60. The van der Waals surface area contributed by atoms with Crippen molar-refractivity contribution in [2.75, 3.05) is 24.6 Å². The average molecular weight is 372 g/mol. The molecule has 0 aromatic heterocycles. The average Bonchev–Trinajstić information content (AvgIpc) is 2.60. The predicted molar refractivity (Wildman–Crippen MR) is 109 cm³/mol. The molecule has 1 aliphatic heterocycles. The lowest BCUT2D eigenvalue weighted by molar-refractivity contribution is -0.116. The minimum Gasteiger partial charge on any atom is -0.398 e. The molecule has 0 saturated heterocycles. The minimum atomic E-state index is 0.0671. The number of anilines is 2. The van der Waals surface area contributed by atoms with Crippen molar-refractivity contribution in [1.82, 2.24) is 4.90 Å². The second kappa shape index (κ2) is 8.11. The number of nitrogens with two attached hydrogens (primary N) is 1. The molecule has 0 spiro atoms. The molecule has 1 heterocycles. The minimum absolute atomic E-state index is 0.0671. The van der Waals surface area contributed by atoms with Gasteiger partial charge in [0.1, 0.15) is 0 Å². The number of benzene rings is 2. The lowest BCUT2D eigenvalue weighted by Gasteiger charge is -2.33. The van der Waals surface area contributed by atoms with Gasteiger partial charge in [0.2, 0.25) is 5.91 Å². The van der Waals surface area contributed by atoms with Gasteiger partial charge in [0.15, 0.2) is 0 Å². The normalized spacial score (nSPS) is 17.0. The van der Waals surface area contributed by atoms with Crippen molar-refractivity contribution in [3.63, 3.8) is 0 Å². The molecule has 0 aliphatic carbocycles. The van der Waals surface area contributed by atoms with Gasteiger partial charge in [-0.25, -0.2) is 0 Å². The first kappa shape index (κ1) is 18.7. The van der Waals surface area contributed by atoms with Gasteiger partial charge in [-0.2, -0.15) is 0 Å². The fourth-order valence-corrected chi connectivity index (χ4v) is 3.83. The van der Waals surface area contributed by atoms with Gasteiger partial charge in [-0.1, -0.05) is 37.1 Å². The van der Waals surface area contributed by atoms with Crippen LogP contribution in [0.1, 0.15) is 48.8 Å². The van der Waals surface area contributed by atoms with Crippen molar-refractivity contribution in [3.8, 4) is 0 Å². The highest BCUT2D eigenvalue weighted by molar-refractivity contribution is 6.31. The highest BCUT2D eigenvalue weighted by Gasteiger charge is 2.27. The summed E-state index contributed by atoms with van der Waals surface area (Å²) in [6, 6.07) is 11.9. The van der Waals surface area contributed by atoms with Gasteiger partial charge in [-0.05, 0) is 54.4 Å². The van der Waals surface area contributed by atoms with Crippen LogP contribution in [0.15, 0.2) is 36.4 Å². The largest absolute Gasteiger partial charge is 0.398 e. The van der Waals surface area contributed by atoms with Gasteiger partial charge >= 0.3 is 0 Å². The molecule has 1 atom stereocenters. The molecular weight excluding hydrogens is 346 g/mol. The Labute approximate surface area is 160 Å². The van der Waals surface area contributed by atoms with Crippen LogP contribution < -0.4 is 11.1 Å². The van der Waals surface area contributed by atoms with E-state index in [-0.39, 0.29) is 11.8 Å². The van der Waals surface area contributed by atoms with Crippen LogP contribution >= 0.6 is 11.6 Å². The van der Waals surface area contributed by atoms with E-state index in [0.29, 0.717) is 11.4 Å². The number of nitrogens with zero attached hydrogens (tertiary/aromatic N) is 1. The summed E-state index contributed by atoms with van der Waals surface area (Å²) in [5.74, 6) is 0.245. The quantitative estimate of drug-likeness (QED) is 0.753. The van der Waals surface area contributed by atoms with E-state index in [0.717, 1.165) is 48.4 Å². The number of amides is 1. The van der Waals surface area contributed by atoms with Crippen LogP contribution in [-0.2, 0) is 11.3 Å². The molecule has 2 aromatic rings. The van der Waals surface area contributed by atoms with E-state index in [1.165, 1.54) is 5.56 Å². The second-order valence-electron chi connectivity index (χ2n) is 7.09. The van der Waals surface area contributed by atoms with Crippen LogP contribution in [0.4, 0.5) is 11.4 Å². The van der Waals surface area contributed by atoms with E-state index in [2.05, 4.69) is 36.3 Å². The molecule has 0 radical (unpaired) electrons. The number of fused-ring (bicyclic) bond motifs is 1. The zero-order valence-electron chi connectivity index (χ0n) is 15.4. The number of nitrogens with one attached hydrogen (secondary N) is 1. The first-order valence-corrected chi connectivity index (χ1v) is 9.52. The van der Waals surface area contributed by atoms with Crippen molar-refractivity contribution in [1.29, 1.82) is 0 Å². The lowest BCUT2D eigenvalue weighted by Crippen LogP contribution is -2.31. The summed E-state index contributed by atoms with van der Waals surface area (Å²) < 4.78 is 0. The molecule has 1 amide bonds. The molecule has 2 aromatic carbocycles. The third-order valence-electron chi connectivity index (χ3n) is 4.91. The number of hydrogen-bond donors (Lipinski definition) is 2. The van der Waals surface area contributed by atoms with E-state index >= 15 is 0 Å². The number of carbonyl (C=O) groups excluding carboxylic acids is 1. The number of likely N-dealkylation sites (N-methyl/N-ethyl adjacent to an activating group) is 1. The van der Waals surface area contributed by atoms with E-state index < -0.39 is 0 Å². The number of halogens is 1. The Morgan fingerprint density at radius 2 is 2.15 bits per heavy atom. The molecule has 138 valence electrons. The first-order chi connectivity index (χ1) is 12.5. The lowest BCUT2D eigenvalue weighted by atomic mass is 9.84. The maximum Gasteiger partial charge on any atom is 0.224 e. The van der Waals surface area contributed by atoms with Gasteiger partial charge in [-0.3, -0.25) is 4.79 Å². The predicted octanol–water partition coefficient (Wildman–Crippen LogP) is 4.63. The molecule has 1 unspecified atom stereocenters. The summed E-state index contributed by atoms with van der Waals surface area (Å²) in [5.41, 5.74) is 11.3. The Balaban J connectivity index is 1.90. The monoisotopic (exact) mass is 371 g/mol. The Bertz CT molecular complexity index is 806. The Kier molecular flexibility index (Phi) is 5.84. The molecular formula is C21H26ClN3O. The van der Waals surface area contributed by atoms with Crippen molar-refractivity contribution in [2.45, 2.75) is 38.6 Å². The Morgan fingerprint density at radius 1 is 1.35 bits per heavy atom. The van der Waals surface area contributed by atoms with Gasteiger partial charge in [-0.15, -0.1) is 0 Å². The van der Waals surface area contributed by atoms with Gasteiger partial charge in [0.25, 0.3) is 0 Å². The molecule has 3 rings (SSSR count). The maximum absolute atomic E-state index is 12.0. The van der Waals surface area contributed by atoms with Crippen LogP contribution in [0, 0.1) is 0 Å². The summed E-state index contributed by atoms with van der Waals surface area (Å²) in [6.07, 6.45) is 2.48. The first-order valence-electron chi connectivity index (χ1n) is 9.14. The third-order valence-corrected chi connectivity index (χ3v) is 5.13. The van der Waals surface area contributed by atoms with E-state index in [9.17, 15) is 4.79 Å². The van der Waals surface area contributed by atoms with Crippen LogP contribution in [0.25, 0.3) is 0 Å². The number of carbonyl (C=O) groups is 1. The van der Waals surface area contributed by atoms with Crippen molar-refractivity contribution < 1.29 is 4.79 Å². The topological polar surface area (TPSA) is 58.4 Å². The number of unbranched alkanes of at least 4 members (excludes halogenated alkanes) is 1. The van der Waals surface area contributed by atoms with E-state index in [1.807, 2.05) is 24.3 Å². The van der Waals surface area contributed by atoms with Crippen LogP contribution in [0.5, 0.6) is 0 Å². The standard InChI is InChI=1S/C21H26ClN3O/c1-3-4-8-21(26)24-16-7-5-6-14(9-16)18-12-25(2)13-19-17(18)10-15(22)11-20(19)23/h5-7,9-11,18H,3-4,8,12-13,23H2,1-2H3,(H,24,26). The van der Waals surface area contributed by atoms with Crippen LogP contribution in [0.2, 0.25) is 5.02 Å². The smallest absolute Gasteiger partial charge is 0.224 e. The number of hydrogen-bond acceptors (Lipinski definition) is 3. The molecule has 0 fully saturated rings. The third kappa shape index (κ3) is 4.19. The van der Waals surface area contributed by atoms with Crippen molar-refractivity contribution in [3.05, 3.63) is 58.1 Å². The zero-order chi connectivity index (χ0) is 18.7. The van der Waals surface area contributed by atoms with Gasteiger partial charge in [0, 0.05) is 41.8 Å². The number of nitrogen functional groups attached to an aromatic ring is 1. The molecule has 26 heavy (non-hydrogen) atoms. The van der Waals surface area contributed by atoms with Crippen molar-refractivity contribution >= 4 is 28.9 Å². The zero-order valence-corrected chi connectivity index (χ0v) is 16.1. The van der Waals surface area contributed by atoms with Gasteiger partial charge < -0.3 is 16.0 Å². The van der Waals surface area contributed by atoms with E-state index in [4.69, 9.17) is 17.3 Å². The fraction of sp³-hybridized carbons (Fsp3) is 0.381. The second-order valence-corrected chi connectivity index (χ2v) is 7.53. The highest BCUT2D eigenvalue weighted by atomic mass is 35.5. The SMILES string of the molecule is CCCCC(=O)Nc1cccc(C2CN(C)Cc3c(N)cc(Cl)cc32)c1. The van der Waals surface area contributed by atoms with E-state index in [1.54, 1.807) is 0 Å². The van der Waals surface area contributed by atoms with Crippen LogP contribution in [0.3, 0.4) is 0 Å². The molecule has 5 heteroatoms. The summed E-state index contributed by atoms with van der Waals surface area (Å²) in [5, 5.41) is 3.68. The summed E-state index contributed by atoms with van der Waals surface area (Å²) in [7, 11) is 2.10. The maximum atomic E-state index is 12.0. The molecule has 1 aliphatic rings.